The van der Waals surface area contributed by atoms with Crippen LogP contribution >= 0.6 is 0 Å². The van der Waals surface area contributed by atoms with Crippen molar-refractivity contribution in [3.8, 4) is 44.5 Å². The molecule has 10 rings (SSSR count). The van der Waals surface area contributed by atoms with Crippen molar-refractivity contribution < 1.29 is 26.4 Å². The van der Waals surface area contributed by atoms with E-state index in [2.05, 4.69) is 20.5 Å². The number of hydrogen-bond donors (Lipinski definition) is 1. The quantitative estimate of drug-likeness (QED) is 0.131. The Labute approximate surface area is 371 Å². The molecule has 0 aliphatic heterocycles. The first kappa shape index (κ1) is 39.0. The fourth-order valence-corrected chi connectivity index (χ4v) is 8.38. The van der Waals surface area contributed by atoms with Gasteiger partial charge in [0.05, 0.1) is 68.3 Å². The number of esters is 1. The van der Waals surface area contributed by atoms with Crippen molar-refractivity contribution in [2.24, 2.45) is 14.1 Å². The SMILES string of the molecule is COC(=O)C(c1ccccc1)n1cc(-c2cnn(C)c2)c2ncc(-c3c(C)noc3C)cc21.[2H]C([2H])(O)C(c1ccccc1)n1cc(-c2cnn(C)c2)c2ncc(-c3c(C)noc3C)cc21. The molecular formula is C49H46N10O5. The highest BCUT2D eigenvalue weighted by atomic mass is 16.5. The zero-order valence-corrected chi connectivity index (χ0v) is 36.3. The third-order valence-electron chi connectivity index (χ3n) is 11.3. The van der Waals surface area contributed by atoms with Crippen LogP contribution in [0.25, 0.3) is 66.6 Å². The zero-order chi connectivity index (χ0) is 46.4. The minimum atomic E-state index is -2.53. The Hall–Kier alpha value is -7.91. The van der Waals surface area contributed by atoms with Crippen LogP contribution in [0.2, 0.25) is 0 Å². The van der Waals surface area contributed by atoms with Crippen LogP contribution in [-0.4, -0.2) is 73.7 Å². The molecule has 8 aromatic heterocycles. The minimum absolute atomic E-state index is 0.362. The van der Waals surface area contributed by atoms with Gasteiger partial charge in [-0.05, 0) is 51.0 Å². The number of hydrogen-bond acceptors (Lipinski definition) is 11. The van der Waals surface area contributed by atoms with Crippen molar-refractivity contribution in [1.82, 2.24) is 49.0 Å². The highest BCUT2D eigenvalue weighted by molar-refractivity contribution is 5.97. The number of fused-ring (bicyclic) bond motifs is 2. The van der Waals surface area contributed by atoms with E-state index in [1.54, 1.807) is 44.7 Å². The summed E-state index contributed by atoms with van der Waals surface area (Å²) in [5.74, 6) is 1.03. The summed E-state index contributed by atoms with van der Waals surface area (Å²) in [6.45, 7) is 4.96. The average Bonchev–Trinajstić information content (AvgIpc) is 4.18. The lowest BCUT2D eigenvalue weighted by atomic mass is 10.0. The molecule has 322 valence electrons. The van der Waals surface area contributed by atoms with Crippen molar-refractivity contribution in [3.05, 3.63) is 156 Å². The number of carbonyl (C=O) groups is 1. The third kappa shape index (κ3) is 7.55. The molecule has 8 heterocycles. The summed E-state index contributed by atoms with van der Waals surface area (Å²) in [7, 11) is 5.11. The Kier molecular flexibility index (Phi) is 10.4. The predicted molar refractivity (Wildman–Crippen MR) is 242 cm³/mol. The van der Waals surface area contributed by atoms with Crippen LogP contribution < -0.4 is 0 Å². The molecule has 0 radical (unpaired) electrons. The van der Waals surface area contributed by atoms with Gasteiger partial charge >= 0.3 is 5.97 Å². The van der Waals surface area contributed by atoms with Gasteiger partial charge in [0.2, 0.25) is 0 Å². The average molecular weight is 857 g/mol. The number of aryl methyl sites for hydroxylation is 6. The maximum atomic E-state index is 13.0. The van der Waals surface area contributed by atoms with E-state index < -0.39 is 18.6 Å². The molecule has 2 atom stereocenters. The van der Waals surface area contributed by atoms with E-state index in [1.165, 1.54) is 7.11 Å². The summed E-state index contributed by atoms with van der Waals surface area (Å²) in [6, 6.07) is 21.0. The largest absolute Gasteiger partial charge is 0.467 e. The van der Waals surface area contributed by atoms with Crippen molar-refractivity contribution in [2.45, 2.75) is 39.8 Å². The van der Waals surface area contributed by atoms with E-state index in [9.17, 15) is 9.90 Å². The Bertz CT molecular complexity index is 3320. The fraction of sp³-hybridized carbons (Fsp3) is 0.204. The zero-order valence-electron chi connectivity index (χ0n) is 38.3. The molecule has 10 aromatic rings. The van der Waals surface area contributed by atoms with Crippen LogP contribution in [0.1, 0.15) is 48.9 Å². The van der Waals surface area contributed by atoms with E-state index in [4.69, 9.17) is 26.5 Å². The third-order valence-corrected chi connectivity index (χ3v) is 11.3. The van der Waals surface area contributed by atoms with Crippen LogP contribution in [0.15, 0.2) is 131 Å². The van der Waals surface area contributed by atoms with Crippen LogP contribution in [0, 0.1) is 27.7 Å². The van der Waals surface area contributed by atoms with Crippen LogP contribution in [0.5, 0.6) is 0 Å². The molecule has 2 aromatic carbocycles. The number of aliphatic hydroxyl groups is 1. The lowest BCUT2D eigenvalue weighted by Crippen LogP contribution is -2.21. The first-order valence-corrected chi connectivity index (χ1v) is 20.5. The van der Waals surface area contributed by atoms with Crippen LogP contribution in [-0.2, 0) is 23.6 Å². The number of benzene rings is 2. The van der Waals surface area contributed by atoms with Gasteiger partial charge in [-0.2, -0.15) is 10.2 Å². The molecule has 0 spiro atoms. The van der Waals surface area contributed by atoms with Crippen molar-refractivity contribution in [3.63, 3.8) is 0 Å². The minimum Gasteiger partial charge on any atom is -0.467 e. The lowest BCUT2D eigenvalue weighted by Gasteiger charge is -2.18. The Morgan fingerprint density at radius 1 is 0.672 bits per heavy atom. The number of rotatable bonds is 10. The second kappa shape index (κ2) is 17.1. The number of nitrogens with zero attached hydrogens (tertiary/aromatic N) is 10. The maximum absolute atomic E-state index is 13.0. The Morgan fingerprint density at radius 3 is 1.56 bits per heavy atom. The summed E-state index contributed by atoms with van der Waals surface area (Å²) in [5.41, 5.74) is 12.8. The summed E-state index contributed by atoms with van der Waals surface area (Å²) in [4.78, 5) is 22.6. The second-order valence-electron chi connectivity index (χ2n) is 15.6. The van der Waals surface area contributed by atoms with Gasteiger partial charge in [0.1, 0.15) is 11.5 Å². The van der Waals surface area contributed by atoms with Crippen LogP contribution in [0.3, 0.4) is 0 Å². The van der Waals surface area contributed by atoms with Gasteiger partial charge in [-0.1, -0.05) is 71.0 Å². The van der Waals surface area contributed by atoms with Gasteiger partial charge in [-0.15, -0.1) is 0 Å². The summed E-state index contributed by atoms with van der Waals surface area (Å²) in [6.07, 6.45) is 14.7. The van der Waals surface area contributed by atoms with Gasteiger partial charge in [-0.25, -0.2) is 4.79 Å². The fourth-order valence-electron chi connectivity index (χ4n) is 8.38. The normalized spacial score (nSPS) is 13.1. The molecule has 1 N–H and O–H groups in total. The highest BCUT2D eigenvalue weighted by Crippen LogP contribution is 2.38. The molecule has 15 heteroatoms. The van der Waals surface area contributed by atoms with E-state index >= 15 is 0 Å². The Morgan fingerprint density at radius 2 is 1.14 bits per heavy atom. The number of ether oxygens (including phenoxy) is 1. The summed E-state index contributed by atoms with van der Waals surface area (Å²) in [5, 5.41) is 27.3. The molecule has 0 bridgehead atoms. The molecule has 0 saturated carbocycles. The molecule has 64 heavy (non-hydrogen) atoms. The van der Waals surface area contributed by atoms with E-state index in [0.29, 0.717) is 28.1 Å². The smallest absolute Gasteiger partial charge is 0.333 e. The van der Waals surface area contributed by atoms with Gasteiger partial charge in [0, 0.05) is 95.8 Å². The monoisotopic (exact) mass is 856 g/mol. The molecule has 0 saturated heterocycles. The molecular weight excluding hydrogens is 809 g/mol. The molecule has 0 aliphatic carbocycles. The number of pyridine rings is 2. The molecule has 2 unspecified atom stereocenters. The van der Waals surface area contributed by atoms with Crippen molar-refractivity contribution in [2.75, 3.05) is 13.7 Å². The highest BCUT2D eigenvalue weighted by Gasteiger charge is 2.28. The standard InChI is InChI=1S/C25H23N5O3.C24H23N5O2/c1-15-22(16(2)33-28-15)18-10-21-23(26-11-18)20(19-12-27-29(3)13-19)14-30(21)24(25(31)32-4)17-8-6-5-7-9-17;1-15-23(16(2)31-27-15)18-9-21-24(25-10-18)20(19-11-26-28(3)12-19)13-29(21)22(14-30)17-7-5-4-6-8-17/h5-14,24H,1-4H3;4-13,22,30H,14H2,1-3H3/i;14D2. The molecule has 0 aliphatic rings. The van der Waals surface area contributed by atoms with E-state index in [0.717, 1.165) is 72.5 Å². The van der Waals surface area contributed by atoms with E-state index in [-0.39, 0.29) is 5.97 Å². The van der Waals surface area contributed by atoms with Crippen LogP contribution in [0.4, 0.5) is 0 Å². The molecule has 0 amide bonds. The molecule has 15 nitrogen and oxygen atoms in total. The van der Waals surface area contributed by atoms with Gasteiger partial charge in [0.15, 0.2) is 6.04 Å². The summed E-state index contributed by atoms with van der Waals surface area (Å²) < 4.78 is 39.6. The lowest BCUT2D eigenvalue weighted by molar-refractivity contribution is -0.143. The Balaban J connectivity index is 0.000000166. The van der Waals surface area contributed by atoms with Gasteiger partial charge in [0.25, 0.3) is 0 Å². The first-order valence-electron chi connectivity index (χ1n) is 21.5. The summed E-state index contributed by atoms with van der Waals surface area (Å²) >= 11 is 0. The number of methoxy groups -OCH3 is 1. The van der Waals surface area contributed by atoms with Gasteiger partial charge < -0.3 is 28.0 Å². The predicted octanol–water partition coefficient (Wildman–Crippen LogP) is 8.76. The van der Waals surface area contributed by atoms with Crippen molar-refractivity contribution >= 4 is 28.0 Å². The molecule has 0 fully saturated rings. The number of aromatic nitrogens is 10. The van der Waals surface area contributed by atoms with Crippen molar-refractivity contribution in [1.29, 1.82) is 0 Å². The van der Waals surface area contributed by atoms with E-state index in [1.807, 2.05) is 138 Å². The first-order chi connectivity index (χ1) is 31.7. The second-order valence-corrected chi connectivity index (χ2v) is 15.6. The van der Waals surface area contributed by atoms with Gasteiger partial charge in [-0.3, -0.25) is 19.3 Å². The maximum Gasteiger partial charge on any atom is 0.333 e. The number of carbonyl (C=O) groups excluding carboxylic acids is 1. The topological polar surface area (TPSA) is 170 Å².